The summed E-state index contributed by atoms with van der Waals surface area (Å²) in [6.45, 7) is 5.22. The van der Waals surface area contributed by atoms with Crippen LogP contribution in [0.15, 0.2) is 34.9 Å². The number of hydrogen-bond donors (Lipinski definition) is 1. The molecule has 28 heavy (non-hydrogen) atoms. The lowest BCUT2D eigenvalue weighted by Gasteiger charge is -2.36. The van der Waals surface area contributed by atoms with Gasteiger partial charge in [0.1, 0.15) is 0 Å². The van der Waals surface area contributed by atoms with Crippen LogP contribution in [0.5, 0.6) is 0 Å². The summed E-state index contributed by atoms with van der Waals surface area (Å²) >= 11 is 0. The lowest BCUT2D eigenvalue weighted by atomic mass is 10.2. The number of carbonyl (C=O) groups excluding carboxylic acids is 2. The monoisotopic (exact) mass is 385 g/mol. The van der Waals surface area contributed by atoms with Crippen LogP contribution in [0.1, 0.15) is 31.0 Å². The van der Waals surface area contributed by atoms with E-state index in [9.17, 15) is 9.59 Å². The van der Waals surface area contributed by atoms with Gasteiger partial charge in [0.05, 0.1) is 0 Å². The summed E-state index contributed by atoms with van der Waals surface area (Å²) in [5, 5.41) is 6.53. The Morgan fingerprint density at radius 1 is 1.11 bits per heavy atom. The molecule has 1 saturated heterocycles. The van der Waals surface area contributed by atoms with E-state index in [4.69, 9.17) is 4.52 Å². The molecule has 8 nitrogen and oxygen atoms in total. The fraction of sp³-hybridized carbons (Fsp3) is 0.500. The van der Waals surface area contributed by atoms with E-state index in [-0.39, 0.29) is 11.8 Å². The Labute approximate surface area is 164 Å². The van der Waals surface area contributed by atoms with Crippen molar-refractivity contribution in [1.82, 2.24) is 20.4 Å². The van der Waals surface area contributed by atoms with Gasteiger partial charge in [0.2, 0.25) is 17.7 Å². The molecule has 0 bridgehead atoms. The maximum absolute atomic E-state index is 12.4. The van der Waals surface area contributed by atoms with Crippen LogP contribution in [0.4, 0.5) is 5.69 Å². The first-order chi connectivity index (χ1) is 13.6. The zero-order valence-electron chi connectivity index (χ0n) is 16.3. The molecule has 0 unspecified atom stereocenters. The van der Waals surface area contributed by atoms with Crippen molar-refractivity contribution in [1.29, 1.82) is 0 Å². The number of carbonyl (C=O) groups is 2. The molecule has 1 aromatic heterocycles. The minimum Gasteiger partial charge on any atom is -0.368 e. The molecule has 0 atom stereocenters. The molecule has 1 aliphatic rings. The van der Waals surface area contributed by atoms with Crippen molar-refractivity contribution in [2.24, 2.45) is 0 Å². The van der Waals surface area contributed by atoms with Gasteiger partial charge < -0.3 is 19.6 Å². The first kappa shape index (κ1) is 19.9. The van der Waals surface area contributed by atoms with Crippen molar-refractivity contribution in [2.45, 2.75) is 32.6 Å². The van der Waals surface area contributed by atoms with E-state index in [1.807, 2.05) is 23.1 Å². The number of nitrogens with one attached hydrogen (secondary N) is 1. The maximum atomic E-state index is 12.4. The highest BCUT2D eigenvalue weighted by Crippen LogP contribution is 2.15. The number of hydrogen-bond acceptors (Lipinski definition) is 6. The number of rotatable bonds is 8. The van der Waals surface area contributed by atoms with E-state index in [1.54, 1.807) is 6.92 Å². The molecule has 0 aliphatic carbocycles. The summed E-state index contributed by atoms with van der Waals surface area (Å²) in [5.41, 5.74) is 1.19. The highest BCUT2D eigenvalue weighted by Gasteiger charge is 2.21. The van der Waals surface area contributed by atoms with E-state index in [0.29, 0.717) is 57.0 Å². The Morgan fingerprint density at radius 3 is 2.54 bits per heavy atom. The van der Waals surface area contributed by atoms with Gasteiger partial charge in [0.25, 0.3) is 0 Å². The fourth-order valence-electron chi connectivity index (χ4n) is 3.25. The predicted molar refractivity (Wildman–Crippen MR) is 105 cm³/mol. The Morgan fingerprint density at radius 2 is 1.86 bits per heavy atom. The van der Waals surface area contributed by atoms with E-state index < -0.39 is 0 Å². The van der Waals surface area contributed by atoms with Gasteiger partial charge in [-0.15, -0.1) is 0 Å². The van der Waals surface area contributed by atoms with Gasteiger partial charge in [-0.3, -0.25) is 9.59 Å². The topological polar surface area (TPSA) is 91.6 Å². The summed E-state index contributed by atoms with van der Waals surface area (Å²) < 4.78 is 5.02. The zero-order valence-corrected chi connectivity index (χ0v) is 16.3. The Balaban J connectivity index is 1.28. The number of benzene rings is 1. The van der Waals surface area contributed by atoms with Gasteiger partial charge in [-0.05, 0) is 25.5 Å². The predicted octanol–water partition coefficient (Wildman–Crippen LogP) is 1.56. The normalized spacial score (nSPS) is 14.2. The summed E-state index contributed by atoms with van der Waals surface area (Å²) in [5.74, 6) is 1.19. The minimum absolute atomic E-state index is 0.0575. The van der Waals surface area contributed by atoms with Crippen molar-refractivity contribution in [2.75, 3.05) is 37.6 Å². The lowest BCUT2D eigenvalue weighted by Crippen LogP contribution is -2.49. The van der Waals surface area contributed by atoms with Crippen molar-refractivity contribution in [3.05, 3.63) is 42.0 Å². The van der Waals surface area contributed by atoms with Crippen LogP contribution in [0.25, 0.3) is 0 Å². The second-order valence-electron chi connectivity index (χ2n) is 6.89. The number of piperazine rings is 1. The molecule has 3 rings (SSSR count). The average molecular weight is 385 g/mol. The van der Waals surface area contributed by atoms with E-state index in [0.717, 1.165) is 13.1 Å². The first-order valence-electron chi connectivity index (χ1n) is 9.75. The standard InChI is InChI=1S/C20H27N5O3/c1-16-22-19(28-23-16)9-5-8-18(26)21-11-10-20(27)25-14-12-24(13-15-25)17-6-3-2-4-7-17/h2-4,6-7H,5,8-15H2,1H3,(H,21,26). The van der Waals surface area contributed by atoms with Crippen molar-refractivity contribution >= 4 is 17.5 Å². The average Bonchev–Trinajstić information content (AvgIpc) is 3.14. The highest BCUT2D eigenvalue weighted by atomic mass is 16.5. The zero-order chi connectivity index (χ0) is 19.8. The molecule has 1 aliphatic heterocycles. The molecule has 8 heteroatoms. The molecule has 0 spiro atoms. The van der Waals surface area contributed by atoms with Crippen molar-refractivity contribution in [3.8, 4) is 0 Å². The van der Waals surface area contributed by atoms with Gasteiger partial charge in [-0.25, -0.2) is 0 Å². The number of para-hydroxylation sites is 1. The van der Waals surface area contributed by atoms with Gasteiger partial charge in [0, 0.05) is 57.7 Å². The van der Waals surface area contributed by atoms with Crippen LogP contribution in [0.3, 0.4) is 0 Å². The van der Waals surface area contributed by atoms with Crippen molar-refractivity contribution in [3.63, 3.8) is 0 Å². The van der Waals surface area contributed by atoms with Gasteiger partial charge in [-0.1, -0.05) is 23.4 Å². The third kappa shape index (κ3) is 5.80. The summed E-state index contributed by atoms with van der Waals surface area (Å²) in [6, 6.07) is 10.2. The van der Waals surface area contributed by atoms with Crippen LogP contribution in [0.2, 0.25) is 0 Å². The van der Waals surface area contributed by atoms with Gasteiger partial charge >= 0.3 is 0 Å². The lowest BCUT2D eigenvalue weighted by molar-refractivity contribution is -0.131. The molecular weight excluding hydrogens is 358 g/mol. The molecule has 150 valence electrons. The molecule has 1 fully saturated rings. The van der Waals surface area contributed by atoms with Crippen LogP contribution in [0, 0.1) is 6.92 Å². The third-order valence-corrected chi connectivity index (χ3v) is 4.78. The molecule has 0 radical (unpaired) electrons. The Bertz CT molecular complexity index is 769. The summed E-state index contributed by atoms with van der Waals surface area (Å²) in [6.07, 6.45) is 1.94. The second kappa shape index (κ2) is 9.87. The number of aromatic nitrogens is 2. The highest BCUT2D eigenvalue weighted by molar-refractivity contribution is 5.79. The summed E-state index contributed by atoms with van der Waals surface area (Å²) in [4.78, 5) is 32.5. The Kier molecular flexibility index (Phi) is 7.00. The largest absolute Gasteiger partial charge is 0.368 e. The third-order valence-electron chi connectivity index (χ3n) is 4.78. The van der Waals surface area contributed by atoms with E-state index in [1.165, 1.54) is 5.69 Å². The van der Waals surface area contributed by atoms with E-state index in [2.05, 4.69) is 32.5 Å². The number of amides is 2. The maximum Gasteiger partial charge on any atom is 0.226 e. The van der Waals surface area contributed by atoms with Crippen LogP contribution >= 0.6 is 0 Å². The molecule has 1 N–H and O–H groups in total. The first-order valence-corrected chi connectivity index (χ1v) is 9.75. The molecule has 2 amide bonds. The molecule has 2 aromatic rings. The molecule has 0 saturated carbocycles. The van der Waals surface area contributed by atoms with Gasteiger partial charge in [0.15, 0.2) is 5.82 Å². The SMILES string of the molecule is Cc1noc(CCCC(=O)NCCC(=O)N2CCN(c3ccccc3)CC2)n1. The number of anilines is 1. The van der Waals surface area contributed by atoms with Crippen molar-refractivity contribution < 1.29 is 14.1 Å². The summed E-state index contributed by atoms with van der Waals surface area (Å²) in [7, 11) is 0. The molecule has 2 heterocycles. The van der Waals surface area contributed by atoms with Gasteiger partial charge in [-0.2, -0.15) is 4.98 Å². The molecular formula is C20H27N5O3. The smallest absolute Gasteiger partial charge is 0.226 e. The second-order valence-corrected chi connectivity index (χ2v) is 6.89. The minimum atomic E-state index is -0.0575. The Hall–Kier alpha value is -2.90. The van der Waals surface area contributed by atoms with Crippen LogP contribution < -0.4 is 10.2 Å². The molecule has 1 aromatic carbocycles. The number of nitrogens with zero attached hydrogens (tertiary/aromatic N) is 4. The van der Waals surface area contributed by atoms with Crippen LogP contribution in [-0.4, -0.2) is 59.6 Å². The quantitative estimate of drug-likeness (QED) is 0.741. The van der Waals surface area contributed by atoms with E-state index >= 15 is 0 Å². The number of aryl methyl sites for hydroxylation is 2. The fourth-order valence-corrected chi connectivity index (χ4v) is 3.25. The van der Waals surface area contributed by atoms with Crippen LogP contribution in [-0.2, 0) is 16.0 Å².